The van der Waals surface area contributed by atoms with Gasteiger partial charge in [-0.05, 0) is 39.8 Å². The molecule has 1 fully saturated rings. The molecule has 4 aromatic rings. The molecule has 0 atom stereocenters. The van der Waals surface area contributed by atoms with E-state index >= 15 is 0 Å². The van der Waals surface area contributed by atoms with E-state index in [1.165, 1.54) is 6.07 Å². The van der Waals surface area contributed by atoms with E-state index < -0.39 is 17.3 Å². The van der Waals surface area contributed by atoms with E-state index in [4.69, 9.17) is 4.74 Å². The van der Waals surface area contributed by atoms with Crippen LogP contribution in [0.3, 0.4) is 0 Å². The van der Waals surface area contributed by atoms with Crippen LogP contribution in [0.5, 0.6) is 0 Å². The molecule has 0 unspecified atom stereocenters. The number of nitrogens with one attached hydrogen (secondary N) is 1. The molecule has 5 rings (SSSR count). The van der Waals surface area contributed by atoms with Gasteiger partial charge in [0.05, 0.1) is 23.5 Å². The Labute approximate surface area is 225 Å². The molecule has 1 saturated heterocycles. The number of aromatic nitrogens is 4. The zero-order chi connectivity index (χ0) is 27.9. The Morgan fingerprint density at radius 1 is 1.15 bits per heavy atom. The zero-order valence-electron chi connectivity index (χ0n) is 22.6. The highest BCUT2D eigenvalue weighted by atomic mass is 19.1. The summed E-state index contributed by atoms with van der Waals surface area (Å²) in [4.78, 5) is 33.9. The van der Waals surface area contributed by atoms with Crippen LogP contribution >= 0.6 is 0 Å². The zero-order valence-corrected chi connectivity index (χ0v) is 22.6. The Balaban J connectivity index is 1.41. The van der Waals surface area contributed by atoms with Crippen molar-refractivity contribution in [3.63, 3.8) is 0 Å². The fraction of sp³-hybridized carbons (Fsp3) is 0.357. The molecular formula is C28H32FN7O3. The number of amides is 2. The highest BCUT2D eigenvalue weighted by molar-refractivity contribution is 6.14. The van der Waals surface area contributed by atoms with Crippen LogP contribution in [-0.2, 0) is 11.3 Å². The van der Waals surface area contributed by atoms with Gasteiger partial charge in [0.2, 0.25) is 0 Å². The minimum atomic E-state index is -0.550. The van der Waals surface area contributed by atoms with Crippen LogP contribution in [0.1, 0.15) is 36.8 Å². The van der Waals surface area contributed by atoms with Gasteiger partial charge in [0.1, 0.15) is 11.1 Å². The average molecular weight is 534 g/mol. The molecule has 39 heavy (non-hydrogen) atoms. The van der Waals surface area contributed by atoms with Crippen molar-refractivity contribution in [3.8, 4) is 0 Å². The Morgan fingerprint density at radius 2 is 1.90 bits per heavy atom. The lowest BCUT2D eigenvalue weighted by Gasteiger charge is -2.37. The number of nitrogens with zero attached hydrogens (tertiary/aromatic N) is 6. The first kappa shape index (κ1) is 26.2. The molecule has 2 amide bonds. The van der Waals surface area contributed by atoms with Crippen molar-refractivity contribution in [2.24, 2.45) is 0 Å². The molecule has 3 aromatic heterocycles. The number of carbonyl (C=O) groups excluding carboxylic acids is 2. The number of carbonyl (C=O) groups is 2. The topological polar surface area (TPSA) is 97.0 Å². The molecule has 0 saturated carbocycles. The molecule has 10 nitrogen and oxygen atoms in total. The second-order valence-corrected chi connectivity index (χ2v) is 10.6. The fourth-order valence-corrected chi connectivity index (χ4v) is 4.73. The number of fused-ring (bicyclic) bond motifs is 2. The predicted octanol–water partition coefficient (Wildman–Crippen LogP) is 4.63. The largest absolute Gasteiger partial charge is 0.444 e. The Hall–Kier alpha value is -4.41. The molecule has 0 spiro atoms. The molecule has 204 valence electrons. The first-order chi connectivity index (χ1) is 18.5. The summed E-state index contributed by atoms with van der Waals surface area (Å²) < 4.78 is 23.4. The molecular weight excluding hydrogens is 501 g/mol. The number of halogens is 1. The lowest BCUT2D eigenvalue weighted by Crippen LogP contribution is -2.50. The Bertz CT molecular complexity index is 1580. The average Bonchev–Trinajstić information content (AvgIpc) is 3.45. The van der Waals surface area contributed by atoms with Crippen molar-refractivity contribution in [1.29, 1.82) is 0 Å². The van der Waals surface area contributed by atoms with Crippen molar-refractivity contribution in [2.45, 2.75) is 39.8 Å². The van der Waals surface area contributed by atoms with Crippen LogP contribution in [0.4, 0.5) is 20.6 Å². The Kier molecular flexibility index (Phi) is 6.75. The molecule has 1 aliphatic heterocycles. The minimum Gasteiger partial charge on any atom is -0.444 e. The molecule has 11 heteroatoms. The standard InChI is InChI=1S/C28H32FN7O3/c1-6-9-36-17-21-23(33-10-12-34(13-11-33)27(38)39-28(3,4)5)8-7-20(24(21)32-36)26(37)31-19-14-22(29)25-30-18(2)15-35(25)16-19/h6-8,14-17H,1,9-13H2,2-5H3,(H,31,37). The first-order valence-electron chi connectivity index (χ1n) is 12.8. The minimum absolute atomic E-state index is 0.201. The van der Waals surface area contributed by atoms with Gasteiger partial charge in [-0.3, -0.25) is 9.48 Å². The van der Waals surface area contributed by atoms with Gasteiger partial charge in [0.15, 0.2) is 11.5 Å². The molecule has 1 aromatic carbocycles. The monoisotopic (exact) mass is 533 g/mol. The maximum atomic E-state index is 14.6. The number of piperazine rings is 1. The molecule has 1 aliphatic rings. The van der Waals surface area contributed by atoms with Crippen LogP contribution in [0.25, 0.3) is 16.6 Å². The van der Waals surface area contributed by atoms with Gasteiger partial charge in [-0.2, -0.15) is 5.10 Å². The van der Waals surface area contributed by atoms with E-state index in [2.05, 4.69) is 26.9 Å². The van der Waals surface area contributed by atoms with E-state index in [0.29, 0.717) is 55.2 Å². The van der Waals surface area contributed by atoms with Crippen molar-refractivity contribution in [1.82, 2.24) is 24.1 Å². The van der Waals surface area contributed by atoms with Crippen LogP contribution < -0.4 is 10.2 Å². The first-order valence-corrected chi connectivity index (χ1v) is 12.8. The van der Waals surface area contributed by atoms with Gasteiger partial charge >= 0.3 is 6.09 Å². The summed E-state index contributed by atoms with van der Waals surface area (Å²) in [6, 6.07) is 4.88. The quantitative estimate of drug-likeness (QED) is 0.376. The van der Waals surface area contributed by atoms with Crippen molar-refractivity contribution >= 4 is 39.9 Å². The van der Waals surface area contributed by atoms with E-state index in [0.717, 1.165) is 11.1 Å². The molecule has 4 heterocycles. The summed E-state index contributed by atoms with van der Waals surface area (Å²) >= 11 is 0. The number of hydrogen-bond donors (Lipinski definition) is 1. The molecule has 0 aliphatic carbocycles. The smallest absolute Gasteiger partial charge is 0.410 e. The second kappa shape index (κ2) is 10.0. The van der Waals surface area contributed by atoms with Gasteiger partial charge in [-0.25, -0.2) is 14.2 Å². The van der Waals surface area contributed by atoms with E-state index in [-0.39, 0.29) is 11.7 Å². The normalized spacial score (nSPS) is 14.2. The number of aryl methyl sites for hydroxylation is 1. The van der Waals surface area contributed by atoms with Gasteiger partial charge in [-0.1, -0.05) is 6.08 Å². The summed E-state index contributed by atoms with van der Waals surface area (Å²) in [5.74, 6) is -0.928. The number of hydrogen-bond acceptors (Lipinski definition) is 6. The lowest BCUT2D eigenvalue weighted by molar-refractivity contribution is 0.0240. The third-order valence-corrected chi connectivity index (χ3v) is 6.42. The van der Waals surface area contributed by atoms with Crippen molar-refractivity contribution in [3.05, 3.63) is 66.5 Å². The number of pyridine rings is 1. The number of benzene rings is 1. The third-order valence-electron chi connectivity index (χ3n) is 6.42. The summed E-state index contributed by atoms with van der Waals surface area (Å²) in [6.07, 6.45) is 6.63. The lowest BCUT2D eigenvalue weighted by atomic mass is 10.1. The Morgan fingerprint density at radius 3 is 2.59 bits per heavy atom. The second-order valence-electron chi connectivity index (χ2n) is 10.6. The van der Waals surface area contributed by atoms with Crippen LogP contribution in [0.2, 0.25) is 0 Å². The van der Waals surface area contributed by atoms with Crippen molar-refractivity contribution in [2.75, 3.05) is 36.4 Å². The van der Waals surface area contributed by atoms with Gasteiger partial charge < -0.3 is 24.3 Å². The van der Waals surface area contributed by atoms with E-state index in [9.17, 15) is 14.0 Å². The van der Waals surface area contributed by atoms with Crippen LogP contribution in [-0.4, -0.2) is 67.8 Å². The summed E-state index contributed by atoms with van der Waals surface area (Å²) in [5.41, 5.74) is 2.45. The maximum absolute atomic E-state index is 14.6. The summed E-state index contributed by atoms with van der Waals surface area (Å²) in [5, 5.41) is 8.27. The van der Waals surface area contributed by atoms with Gasteiger partial charge in [0.25, 0.3) is 5.91 Å². The number of allylic oxidation sites excluding steroid dienone is 1. The fourth-order valence-electron chi connectivity index (χ4n) is 4.73. The number of rotatable bonds is 5. The van der Waals surface area contributed by atoms with Crippen LogP contribution in [0, 0.1) is 12.7 Å². The van der Waals surface area contributed by atoms with E-state index in [1.807, 2.05) is 33.0 Å². The summed E-state index contributed by atoms with van der Waals surface area (Å²) in [7, 11) is 0. The van der Waals surface area contributed by atoms with Gasteiger partial charge in [0, 0.05) is 61.9 Å². The third kappa shape index (κ3) is 5.43. The number of imidazole rings is 1. The molecule has 0 radical (unpaired) electrons. The molecule has 0 bridgehead atoms. The maximum Gasteiger partial charge on any atom is 0.410 e. The van der Waals surface area contributed by atoms with Crippen LogP contribution in [0.15, 0.2) is 49.4 Å². The van der Waals surface area contributed by atoms with Crippen molar-refractivity contribution < 1.29 is 18.7 Å². The highest BCUT2D eigenvalue weighted by Crippen LogP contribution is 2.31. The SMILES string of the molecule is C=CCn1cc2c(N3CCN(C(=O)OC(C)(C)C)CC3)ccc(C(=O)Nc3cc(F)c4nc(C)cn4c3)c2n1. The predicted molar refractivity (Wildman–Crippen MR) is 148 cm³/mol. The molecule has 1 N–H and O–H groups in total. The van der Waals surface area contributed by atoms with Gasteiger partial charge in [-0.15, -0.1) is 6.58 Å². The number of anilines is 2. The number of ether oxygens (including phenoxy) is 1. The summed E-state index contributed by atoms with van der Waals surface area (Å²) in [6.45, 7) is 13.8. The van der Waals surface area contributed by atoms with E-state index in [1.54, 1.807) is 45.4 Å². The highest BCUT2D eigenvalue weighted by Gasteiger charge is 2.27.